The molecule has 2 heterocycles. The number of urea groups is 1. The number of carbonyl (C=O) groups excluding carboxylic acids is 2. The van der Waals surface area contributed by atoms with E-state index in [1.165, 1.54) is 11.0 Å². The normalized spacial score (nSPS) is 22.5. The summed E-state index contributed by atoms with van der Waals surface area (Å²) in [5, 5.41) is 8.93. The van der Waals surface area contributed by atoms with E-state index in [4.69, 9.17) is 15.7 Å². The van der Waals surface area contributed by atoms with Crippen molar-refractivity contribution < 1.29 is 27.5 Å². The number of hydrogen-bond acceptors (Lipinski definition) is 5. The lowest BCUT2D eigenvalue weighted by Crippen LogP contribution is -2.54. The number of rotatable bonds is 2. The summed E-state index contributed by atoms with van der Waals surface area (Å²) in [5.41, 5.74) is 3.96. The van der Waals surface area contributed by atoms with Gasteiger partial charge in [-0.25, -0.2) is 4.79 Å². The van der Waals surface area contributed by atoms with Crippen LogP contribution >= 0.6 is 0 Å². The first-order valence-electron chi connectivity index (χ1n) is 8.98. The van der Waals surface area contributed by atoms with Crippen molar-refractivity contribution in [2.75, 3.05) is 37.6 Å². The van der Waals surface area contributed by atoms with Gasteiger partial charge in [0.15, 0.2) is 6.10 Å². The zero-order chi connectivity index (χ0) is 21.3. The lowest BCUT2D eigenvalue weighted by molar-refractivity contribution is -0.143. The summed E-state index contributed by atoms with van der Waals surface area (Å²) in [6.07, 6.45) is -6.12. The maximum Gasteiger partial charge on any atom is 0.417 e. The summed E-state index contributed by atoms with van der Waals surface area (Å²) in [6, 6.07) is 4.42. The van der Waals surface area contributed by atoms with Crippen molar-refractivity contribution in [3.63, 3.8) is 0 Å². The van der Waals surface area contributed by atoms with E-state index in [0.717, 1.165) is 12.1 Å². The Morgan fingerprint density at radius 3 is 2.38 bits per heavy atom. The number of ether oxygens (including phenoxy) is 1. The molecule has 0 radical (unpaired) electrons. The number of benzene rings is 1. The number of nitrogens with zero attached hydrogens (tertiary/aromatic N) is 4. The summed E-state index contributed by atoms with van der Waals surface area (Å²) in [5.74, 6) is -0.284. The van der Waals surface area contributed by atoms with Crippen LogP contribution in [0.4, 0.5) is 23.7 Å². The molecule has 1 aromatic rings. The highest BCUT2D eigenvalue weighted by molar-refractivity contribution is 5.83. The number of alkyl halides is 3. The average molecular weight is 411 g/mol. The zero-order valence-corrected chi connectivity index (χ0v) is 15.6. The molecule has 1 aromatic carbocycles. The highest BCUT2D eigenvalue weighted by atomic mass is 19.4. The molecule has 0 aromatic heterocycles. The molecule has 0 spiro atoms. The van der Waals surface area contributed by atoms with Crippen LogP contribution in [0.25, 0.3) is 0 Å². The third-order valence-corrected chi connectivity index (χ3v) is 5.10. The van der Waals surface area contributed by atoms with Gasteiger partial charge in [0, 0.05) is 31.9 Å². The quantitative estimate of drug-likeness (QED) is 0.792. The Labute approximate surface area is 165 Å². The molecule has 29 heavy (non-hydrogen) atoms. The Balaban J connectivity index is 1.72. The van der Waals surface area contributed by atoms with Crippen molar-refractivity contribution in [2.24, 2.45) is 5.73 Å². The third kappa shape index (κ3) is 4.22. The van der Waals surface area contributed by atoms with Gasteiger partial charge in [-0.1, -0.05) is 0 Å². The highest BCUT2D eigenvalue weighted by Crippen LogP contribution is 2.36. The second-order valence-electron chi connectivity index (χ2n) is 6.87. The molecule has 2 aliphatic rings. The second kappa shape index (κ2) is 7.79. The largest absolute Gasteiger partial charge is 0.417 e. The number of anilines is 1. The third-order valence-electron chi connectivity index (χ3n) is 5.10. The molecule has 0 aliphatic carbocycles. The maximum atomic E-state index is 13.2. The van der Waals surface area contributed by atoms with Crippen LogP contribution in [0.5, 0.6) is 0 Å². The van der Waals surface area contributed by atoms with Crippen LogP contribution in [-0.2, 0) is 15.7 Å². The molecule has 2 N–H and O–H groups in total. The highest BCUT2D eigenvalue weighted by Gasteiger charge is 2.39. The van der Waals surface area contributed by atoms with Crippen molar-refractivity contribution in [3.05, 3.63) is 29.3 Å². The van der Waals surface area contributed by atoms with Crippen molar-refractivity contribution >= 4 is 17.6 Å². The number of piperazine rings is 1. The number of amides is 3. The van der Waals surface area contributed by atoms with Gasteiger partial charge in [-0.05, 0) is 25.1 Å². The first kappa shape index (κ1) is 20.7. The van der Waals surface area contributed by atoms with Crippen LogP contribution in [0, 0.1) is 11.3 Å². The lowest BCUT2D eigenvalue weighted by atomic mass is 10.1. The fourth-order valence-electron chi connectivity index (χ4n) is 3.53. The molecule has 3 amide bonds. The number of nitriles is 1. The molecule has 2 aliphatic heterocycles. The minimum absolute atomic E-state index is 0.0826. The summed E-state index contributed by atoms with van der Waals surface area (Å²) in [6.45, 7) is 2.98. The van der Waals surface area contributed by atoms with Crippen LogP contribution < -0.4 is 10.6 Å². The SMILES string of the molecule is C[C@H]1O[C@H](C(=O)N2CCN(C(N)=O)CC2)CN1c1ccc(C#N)c(C(F)(F)F)c1. The molecule has 3 rings (SSSR count). The van der Waals surface area contributed by atoms with E-state index in [-0.39, 0.29) is 18.1 Å². The number of halogens is 3. The van der Waals surface area contributed by atoms with E-state index in [1.807, 2.05) is 0 Å². The monoisotopic (exact) mass is 411 g/mol. The summed E-state index contributed by atoms with van der Waals surface area (Å²) < 4.78 is 45.4. The number of primary amides is 1. The standard InChI is InChI=1S/C18H20F3N5O3/c1-11-26(13-3-2-12(9-22)14(8-13)18(19,20)21)10-15(29-11)16(27)24-4-6-25(7-5-24)17(23)28/h2-3,8,11,15H,4-7,10H2,1H3,(H2,23,28)/t11-,15+/m1/s1. The van der Waals surface area contributed by atoms with Gasteiger partial charge >= 0.3 is 12.2 Å². The van der Waals surface area contributed by atoms with E-state index in [1.54, 1.807) is 22.8 Å². The Hall–Kier alpha value is -3.00. The molecule has 0 bridgehead atoms. The van der Waals surface area contributed by atoms with E-state index in [2.05, 4.69) is 0 Å². The van der Waals surface area contributed by atoms with Gasteiger partial charge in [0.25, 0.3) is 5.91 Å². The predicted octanol–water partition coefficient (Wildman–Crippen LogP) is 1.35. The summed E-state index contributed by atoms with van der Waals surface area (Å²) >= 11 is 0. The Morgan fingerprint density at radius 2 is 1.83 bits per heavy atom. The maximum absolute atomic E-state index is 13.2. The molecule has 0 unspecified atom stereocenters. The van der Waals surface area contributed by atoms with Crippen molar-refractivity contribution in [1.29, 1.82) is 5.26 Å². The van der Waals surface area contributed by atoms with Gasteiger partial charge < -0.3 is 25.2 Å². The fraction of sp³-hybridized carbons (Fsp3) is 0.500. The second-order valence-corrected chi connectivity index (χ2v) is 6.87. The van der Waals surface area contributed by atoms with Crippen LogP contribution in [0.2, 0.25) is 0 Å². The molecular formula is C18H20F3N5O3. The number of nitrogens with two attached hydrogens (primary N) is 1. The predicted molar refractivity (Wildman–Crippen MR) is 95.6 cm³/mol. The minimum Gasteiger partial charge on any atom is -0.351 e. The van der Waals surface area contributed by atoms with Crippen LogP contribution in [0.15, 0.2) is 18.2 Å². The Bertz CT molecular complexity index is 846. The summed E-state index contributed by atoms with van der Waals surface area (Å²) in [4.78, 5) is 28.5. The number of hydrogen-bond donors (Lipinski definition) is 1. The van der Waals surface area contributed by atoms with E-state index >= 15 is 0 Å². The summed E-state index contributed by atoms with van der Waals surface area (Å²) in [7, 11) is 0. The first-order valence-corrected chi connectivity index (χ1v) is 8.98. The van der Waals surface area contributed by atoms with Gasteiger partial charge in [0.2, 0.25) is 0 Å². The molecule has 0 saturated carbocycles. The van der Waals surface area contributed by atoms with E-state index < -0.39 is 35.7 Å². The molecule has 156 valence electrons. The van der Waals surface area contributed by atoms with Gasteiger partial charge in [0.05, 0.1) is 23.7 Å². The zero-order valence-electron chi connectivity index (χ0n) is 15.6. The van der Waals surface area contributed by atoms with E-state index in [9.17, 15) is 22.8 Å². The van der Waals surface area contributed by atoms with Crippen LogP contribution in [0.1, 0.15) is 18.1 Å². The van der Waals surface area contributed by atoms with Crippen LogP contribution in [-0.4, -0.2) is 66.8 Å². The smallest absolute Gasteiger partial charge is 0.351 e. The van der Waals surface area contributed by atoms with Gasteiger partial charge in [-0.2, -0.15) is 18.4 Å². The Kier molecular flexibility index (Phi) is 5.57. The molecule has 2 atom stereocenters. The lowest BCUT2D eigenvalue weighted by Gasteiger charge is -2.34. The van der Waals surface area contributed by atoms with Crippen LogP contribution in [0.3, 0.4) is 0 Å². The molecule has 2 saturated heterocycles. The average Bonchev–Trinajstić information content (AvgIpc) is 3.08. The Morgan fingerprint density at radius 1 is 1.21 bits per heavy atom. The first-order chi connectivity index (χ1) is 13.6. The fourth-order valence-corrected chi connectivity index (χ4v) is 3.53. The van der Waals surface area contributed by atoms with Gasteiger partial charge in [0.1, 0.15) is 6.23 Å². The van der Waals surface area contributed by atoms with Gasteiger partial charge in [-0.3, -0.25) is 4.79 Å². The number of carbonyl (C=O) groups is 2. The van der Waals surface area contributed by atoms with Crippen molar-refractivity contribution in [3.8, 4) is 6.07 Å². The van der Waals surface area contributed by atoms with Gasteiger partial charge in [-0.15, -0.1) is 0 Å². The topological polar surface area (TPSA) is 103 Å². The molecule has 11 heteroatoms. The molecule has 2 fully saturated rings. The minimum atomic E-state index is -4.67. The van der Waals surface area contributed by atoms with E-state index in [0.29, 0.717) is 26.2 Å². The van der Waals surface area contributed by atoms with Crippen molar-refractivity contribution in [1.82, 2.24) is 9.80 Å². The molecular weight excluding hydrogens is 391 g/mol. The van der Waals surface area contributed by atoms with Crippen molar-refractivity contribution in [2.45, 2.75) is 25.4 Å². The molecule has 8 nitrogen and oxygen atoms in total.